The number of aromatic nitrogens is 1. The Balaban J connectivity index is 1.58. The van der Waals surface area contributed by atoms with Gasteiger partial charge in [-0.1, -0.05) is 6.07 Å². The van der Waals surface area contributed by atoms with E-state index in [1.54, 1.807) is 13.3 Å². The van der Waals surface area contributed by atoms with E-state index >= 15 is 0 Å². The molecule has 2 aliphatic heterocycles. The SMILES string of the molecule is COc1ncccc1-c1cc(NC(=O)N2C3CCCC2C3)ccc1C. The van der Waals surface area contributed by atoms with Gasteiger partial charge < -0.3 is 15.0 Å². The summed E-state index contributed by atoms with van der Waals surface area (Å²) in [6, 6.07) is 10.7. The molecule has 1 aromatic heterocycles. The first-order valence-corrected chi connectivity index (χ1v) is 8.86. The molecule has 0 saturated carbocycles. The molecular weight excluding hydrogens is 314 g/mol. The molecule has 25 heavy (non-hydrogen) atoms. The highest BCUT2D eigenvalue weighted by Crippen LogP contribution is 2.38. The van der Waals surface area contributed by atoms with Gasteiger partial charge in [0.25, 0.3) is 0 Å². The van der Waals surface area contributed by atoms with Gasteiger partial charge in [-0.2, -0.15) is 0 Å². The van der Waals surface area contributed by atoms with Gasteiger partial charge in [0.15, 0.2) is 0 Å². The van der Waals surface area contributed by atoms with Crippen LogP contribution in [0.25, 0.3) is 11.1 Å². The highest BCUT2D eigenvalue weighted by Gasteiger charge is 2.44. The number of fused-ring (bicyclic) bond motifs is 2. The number of methoxy groups -OCH3 is 1. The van der Waals surface area contributed by atoms with Crippen molar-refractivity contribution < 1.29 is 9.53 Å². The number of nitrogens with one attached hydrogen (secondary N) is 1. The average molecular weight is 337 g/mol. The van der Waals surface area contributed by atoms with E-state index < -0.39 is 0 Å². The van der Waals surface area contributed by atoms with Crippen LogP contribution in [0.3, 0.4) is 0 Å². The number of anilines is 1. The number of ether oxygens (including phenoxy) is 1. The topological polar surface area (TPSA) is 54.5 Å². The normalized spacial score (nSPS) is 21.4. The lowest BCUT2D eigenvalue weighted by molar-refractivity contribution is 0.0173. The van der Waals surface area contributed by atoms with Crippen LogP contribution >= 0.6 is 0 Å². The van der Waals surface area contributed by atoms with Crippen LogP contribution in [0.2, 0.25) is 0 Å². The summed E-state index contributed by atoms with van der Waals surface area (Å²) in [6.45, 7) is 2.05. The van der Waals surface area contributed by atoms with Gasteiger partial charge in [0.05, 0.1) is 7.11 Å². The second-order valence-electron chi connectivity index (χ2n) is 6.90. The number of nitrogens with zero attached hydrogens (tertiary/aromatic N) is 2. The van der Waals surface area contributed by atoms with Gasteiger partial charge >= 0.3 is 6.03 Å². The molecule has 2 amide bonds. The van der Waals surface area contributed by atoms with E-state index in [1.807, 2.05) is 42.2 Å². The molecule has 1 N–H and O–H groups in total. The fourth-order valence-electron chi connectivity index (χ4n) is 4.07. The number of carbonyl (C=O) groups excluding carboxylic acids is 1. The molecule has 2 bridgehead atoms. The van der Waals surface area contributed by atoms with Gasteiger partial charge in [-0.05, 0) is 68.0 Å². The van der Waals surface area contributed by atoms with Crippen molar-refractivity contribution in [2.45, 2.75) is 44.7 Å². The van der Waals surface area contributed by atoms with Crippen molar-refractivity contribution in [1.82, 2.24) is 9.88 Å². The van der Waals surface area contributed by atoms with Crippen LogP contribution in [0.15, 0.2) is 36.5 Å². The van der Waals surface area contributed by atoms with Gasteiger partial charge in [-0.15, -0.1) is 0 Å². The van der Waals surface area contributed by atoms with Gasteiger partial charge in [0.2, 0.25) is 5.88 Å². The Bertz CT molecular complexity index is 791. The lowest BCUT2D eigenvalue weighted by Gasteiger charge is -2.52. The summed E-state index contributed by atoms with van der Waals surface area (Å²) >= 11 is 0. The van der Waals surface area contributed by atoms with Gasteiger partial charge in [0.1, 0.15) is 0 Å². The summed E-state index contributed by atoms with van der Waals surface area (Å²) in [5.41, 5.74) is 3.87. The van der Waals surface area contributed by atoms with Crippen molar-refractivity contribution in [2.24, 2.45) is 0 Å². The first kappa shape index (κ1) is 15.9. The number of pyridine rings is 1. The van der Waals surface area contributed by atoms with Crippen LogP contribution in [0.1, 0.15) is 31.2 Å². The number of hydrogen-bond donors (Lipinski definition) is 1. The number of aryl methyl sites for hydroxylation is 1. The largest absolute Gasteiger partial charge is 0.481 e. The summed E-state index contributed by atoms with van der Waals surface area (Å²) in [4.78, 5) is 18.9. The third-order valence-electron chi connectivity index (χ3n) is 5.38. The number of benzene rings is 1. The fraction of sp³-hybridized carbons (Fsp3) is 0.400. The number of hydrogen-bond acceptors (Lipinski definition) is 3. The maximum Gasteiger partial charge on any atom is 0.322 e. The van der Waals surface area contributed by atoms with Crippen molar-refractivity contribution in [3.8, 4) is 17.0 Å². The molecule has 4 rings (SSSR count). The maximum atomic E-state index is 12.6. The molecule has 0 spiro atoms. The third-order valence-corrected chi connectivity index (χ3v) is 5.38. The number of urea groups is 1. The molecule has 1 aromatic carbocycles. The van der Waals surface area contributed by atoms with E-state index in [-0.39, 0.29) is 6.03 Å². The third kappa shape index (κ3) is 2.84. The van der Waals surface area contributed by atoms with Crippen molar-refractivity contribution in [3.05, 3.63) is 42.1 Å². The van der Waals surface area contributed by atoms with Gasteiger partial charge in [-0.3, -0.25) is 0 Å². The summed E-state index contributed by atoms with van der Waals surface area (Å²) in [5, 5.41) is 3.07. The maximum absolute atomic E-state index is 12.6. The van der Waals surface area contributed by atoms with Crippen LogP contribution in [0.5, 0.6) is 5.88 Å². The Labute approximate surface area is 148 Å². The zero-order valence-corrected chi connectivity index (χ0v) is 14.7. The molecule has 2 aliphatic rings. The highest BCUT2D eigenvalue weighted by atomic mass is 16.5. The predicted octanol–water partition coefficient (Wildman–Crippen LogP) is 4.22. The van der Waals surface area contributed by atoms with E-state index in [0.29, 0.717) is 18.0 Å². The van der Waals surface area contributed by atoms with Crippen LogP contribution in [0.4, 0.5) is 10.5 Å². The number of amides is 2. The quantitative estimate of drug-likeness (QED) is 0.912. The molecule has 2 aromatic rings. The summed E-state index contributed by atoms with van der Waals surface area (Å²) < 4.78 is 5.38. The predicted molar refractivity (Wildman–Crippen MR) is 97.9 cm³/mol. The van der Waals surface area contributed by atoms with E-state index in [9.17, 15) is 4.79 Å². The molecule has 5 heteroatoms. The van der Waals surface area contributed by atoms with Crippen LogP contribution in [0, 0.1) is 6.92 Å². The lowest BCUT2D eigenvalue weighted by atomic mass is 9.80. The van der Waals surface area contributed by atoms with E-state index in [2.05, 4.69) is 10.3 Å². The Morgan fingerprint density at radius 3 is 2.76 bits per heavy atom. The zero-order valence-electron chi connectivity index (χ0n) is 14.7. The zero-order chi connectivity index (χ0) is 17.4. The number of carbonyl (C=O) groups is 1. The molecule has 5 nitrogen and oxygen atoms in total. The Kier molecular flexibility index (Phi) is 4.07. The molecule has 2 atom stereocenters. The van der Waals surface area contributed by atoms with Crippen LogP contribution in [-0.4, -0.2) is 35.1 Å². The number of rotatable bonds is 3. The fourth-order valence-corrected chi connectivity index (χ4v) is 4.07. The minimum atomic E-state index is 0.0221. The van der Waals surface area contributed by atoms with E-state index in [0.717, 1.165) is 35.2 Å². The van der Waals surface area contributed by atoms with Crippen molar-refractivity contribution in [1.29, 1.82) is 0 Å². The number of piperidine rings is 1. The molecule has 0 radical (unpaired) electrons. The Morgan fingerprint density at radius 2 is 2.04 bits per heavy atom. The van der Waals surface area contributed by atoms with E-state index in [4.69, 9.17) is 4.74 Å². The second-order valence-corrected chi connectivity index (χ2v) is 6.90. The van der Waals surface area contributed by atoms with Gasteiger partial charge in [-0.25, -0.2) is 9.78 Å². The van der Waals surface area contributed by atoms with Crippen LogP contribution in [-0.2, 0) is 0 Å². The summed E-state index contributed by atoms with van der Waals surface area (Å²) in [5.74, 6) is 0.589. The van der Waals surface area contributed by atoms with Crippen molar-refractivity contribution in [3.63, 3.8) is 0 Å². The molecular formula is C20H23N3O2. The summed E-state index contributed by atoms with van der Waals surface area (Å²) in [6.07, 6.45) is 6.39. The first-order chi connectivity index (χ1) is 12.2. The average Bonchev–Trinajstić information content (AvgIpc) is 2.63. The van der Waals surface area contributed by atoms with Crippen molar-refractivity contribution in [2.75, 3.05) is 12.4 Å². The smallest absolute Gasteiger partial charge is 0.322 e. The minimum Gasteiger partial charge on any atom is -0.481 e. The van der Waals surface area contributed by atoms with Crippen molar-refractivity contribution >= 4 is 11.7 Å². The Hall–Kier alpha value is -2.56. The first-order valence-electron chi connectivity index (χ1n) is 8.86. The highest BCUT2D eigenvalue weighted by molar-refractivity contribution is 5.91. The molecule has 3 heterocycles. The molecule has 0 aliphatic carbocycles. The van der Waals surface area contributed by atoms with E-state index in [1.165, 1.54) is 12.8 Å². The minimum absolute atomic E-state index is 0.0221. The monoisotopic (exact) mass is 337 g/mol. The Morgan fingerprint density at radius 1 is 1.24 bits per heavy atom. The van der Waals surface area contributed by atoms with Gasteiger partial charge in [0, 0.05) is 29.5 Å². The molecule has 2 fully saturated rings. The molecule has 2 unspecified atom stereocenters. The second kappa shape index (κ2) is 6.39. The lowest BCUT2D eigenvalue weighted by Crippen LogP contribution is -2.62. The summed E-state index contributed by atoms with van der Waals surface area (Å²) in [7, 11) is 1.62. The molecule has 2 saturated heterocycles. The standard InChI is InChI=1S/C20H23N3O2/c1-13-8-9-14(11-18(13)17-7-4-10-21-19(17)25-2)22-20(24)23-15-5-3-6-16(23)12-15/h4,7-11,15-16H,3,5-6,12H2,1-2H3,(H,22,24). The molecule has 130 valence electrons. The van der Waals surface area contributed by atoms with Crippen LogP contribution < -0.4 is 10.1 Å².